The molecule has 1 fully saturated rings. The molecule has 0 spiro atoms. The Balaban J connectivity index is 1.85. The van der Waals surface area contributed by atoms with E-state index in [9.17, 15) is 9.90 Å². The molecule has 0 aromatic carbocycles. The summed E-state index contributed by atoms with van der Waals surface area (Å²) in [5.41, 5.74) is 2.18. The highest BCUT2D eigenvalue weighted by Crippen LogP contribution is 2.27. The third-order valence-electron chi connectivity index (χ3n) is 4.52. The van der Waals surface area contributed by atoms with Crippen molar-refractivity contribution in [2.45, 2.75) is 38.1 Å². The van der Waals surface area contributed by atoms with Crippen LogP contribution in [0.4, 0.5) is 0 Å². The van der Waals surface area contributed by atoms with Crippen LogP contribution >= 0.6 is 0 Å². The highest BCUT2D eigenvalue weighted by Gasteiger charge is 2.31. The first-order valence-corrected chi connectivity index (χ1v) is 7.85. The monoisotopic (exact) mass is 302 g/mol. The molecule has 22 heavy (non-hydrogen) atoms. The number of hydrogen-bond donors (Lipinski definition) is 1. The van der Waals surface area contributed by atoms with Crippen LogP contribution in [0.3, 0.4) is 0 Å². The predicted octanol–water partition coefficient (Wildman–Crippen LogP) is 2.51. The number of carbonyl (C=O) groups excluding carboxylic acids is 1. The number of piperidine rings is 1. The third kappa shape index (κ3) is 3.14. The van der Waals surface area contributed by atoms with Gasteiger partial charge in [0.05, 0.1) is 24.6 Å². The normalized spacial score (nSPS) is 26.8. The Morgan fingerprint density at radius 3 is 2.64 bits per heavy atom. The first-order valence-electron chi connectivity index (χ1n) is 7.85. The molecule has 2 heterocycles. The Bertz CT molecular complexity index is 577. The highest BCUT2D eigenvalue weighted by molar-refractivity contribution is 6.05. The molecule has 1 aliphatic carbocycles. The minimum atomic E-state index is 0.201. The van der Waals surface area contributed by atoms with Crippen molar-refractivity contribution in [3.8, 4) is 0 Å². The Labute approximate surface area is 130 Å². The zero-order valence-electron chi connectivity index (χ0n) is 12.9. The van der Waals surface area contributed by atoms with Gasteiger partial charge in [-0.15, -0.1) is 0 Å². The van der Waals surface area contributed by atoms with E-state index in [4.69, 9.17) is 4.74 Å². The number of rotatable bonds is 3. The topological polar surface area (TPSA) is 62.1 Å². The van der Waals surface area contributed by atoms with E-state index in [0.29, 0.717) is 36.7 Å². The van der Waals surface area contributed by atoms with Crippen LogP contribution in [0.15, 0.2) is 40.4 Å². The van der Waals surface area contributed by atoms with E-state index in [1.165, 1.54) is 0 Å². The molecule has 1 unspecified atom stereocenters. The summed E-state index contributed by atoms with van der Waals surface area (Å²) in [6.07, 6.45) is 9.28. The maximum Gasteiger partial charge on any atom is 0.209 e. The number of nitrogens with zero attached hydrogens (tertiary/aromatic N) is 2. The molecule has 1 N–H and O–H groups in total. The number of aliphatic hydroxyl groups is 1. The van der Waals surface area contributed by atoms with E-state index in [-0.39, 0.29) is 6.04 Å². The Morgan fingerprint density at radius 1 is 1.23 bits per heavy atom. The average Bonchev–Trinajstić information content (AvgIpc) is 2.56. The molecule has 3 aliphatic rings. The number of carbonyl (C=O) groups is 1. The molecule has 5 nitrogen and oxygen atoms in total. The third-order valence-corrected chi connectivity index (χ3v) is 4.52. The van der Waals surface area contributed by atoms with Gasteiger partial charge < -0.3 is 9.84 Å². The molecule has 0 aromatic heterocycles. The van der Waals surface area contributed by atoms with E-state index >= 15 is 0 Å². The standard InChI is InChI=1S/C17H22N2O3/c1-22-16-7-6-15(19-10-8-14(21)9-11-19)17(18-16)12-2-4-13(20)5-3-12/h2,4,7,15,20H,3,5-6,8-11H2,1H3. The van der Waals surface area contributed by atoms with Crippen LogP contribution in [-0.4, -0.2) is 47.7 Å². The Hall–Kier alpha value is -1.88. The van der Waals surface area contributed by atoms with E-state index in [0.717, 1.165) is 37.2 Å². The highest BCUT2D eigenvalue weighted by atomic mass is 16.5. The van der Waals surface area contributed by atoms with Crippen molar-refractivity contribution in [2.75, 3.05) is 20.2 Å². The van der Waals surface area contributed by atoms with Crippen LogP contribution in [-0.2, 0) is 9.53 Å². The van der Waals surface area contributed by atoms with Crippen LogP contribution in [0.25, 0.3) is 0 Å². The molecule has 5 heteroatoms. The van der Waals surface area contributed by atoms with E-state index < -0.39 is 0 Å². The van der Waals surface area contributed by atoms with Gasteiger partial charge in [0, 0.05) is 32.4 Å². The van der Waals surface area contributed by atoms with Crippen molar-refractivity contribution in [3.05, 3.63) is 35.4 Å². The summed E-state index contributed by atoms with van der Waals surface area (Å²) in [5, 5.41) is 9.56. The van der Waals surface area contributed by atoms with Gasteiger partial charge in [0.15, 0.2) is 0 Å². The first kappa shape index (κ1) is 15.0. The number of Topliss-reactive ketones (excluding diaryl/α,β-unsaturated/α-hetero) is 1. The largest absolute Gasteiger partial charge is 0.512 e. The number of methoxy groups -OCH3 is 1. The van der Waals surface area contributed by atoms with Gasteiger partial charge in [0.25, 0.3) is 0 Å². The molecule has 0 radical (unpaired) electrons. The van der Waals surface area contributed by atoms with Gasteiger partial charge in [-0.3, -0.25) is 9.69 Å². The minimum Gasteiger partial charge on any atom is -0.512 e. The number of ether oxygens (including phenoxy) is 1. The summed E-state index contributed by atoms with van der Waals surface area (Å²) in [6, 6.07) is 0.201. The van der Waals surface area contributed by atoms with Gasteiger partial charge in [-0.25, -0.2) is 4.99 Å². The molecule has 118 valence electrons. The van der Waals surface area contributed by atoms with Gasteiger partial charge >= 0.3 is 0 Å². The first-order chi connectivity index (χ1) is 10.7. The second-order valence-corrected chi connectivity index (χ2v) is 5.92. The zero-order chi connectivity index (χ0) is 15.5. The molecule has 1 saturated heterocycles. The van der Waals surface area contributed by atoms with Crippen molar-refractivity contribution in [3.63, 3.8) is 0 Å². The van der Waals surface area contributed by atoms with Crippen LogP contribution in [0.1, 0.15) is 32.1 Å². The molecule has 0 aromatic rings. The van der Waals surface area contributed by atoms with Crippen LogP contribution in [0.5, 0.6) is 0 Å². The zero-order valence-corrected chi connectivity index (χ0v) is 12.9. The SMILES string of the molecule is COC1=CCC(N2CCC(=O)CC2)C(C2=CC=C(O)CC2)=N1. The van der Waals surface area contributed by atoms with Crippen LogP contribution in [0.2, 0.25) is 0 Å². The van der Waals surface area contributed by atoms with E-state index in [1.54, 1.807) is 13.2 Å². The predicted molar refractivity (Wildman–Crippen MR) is 84.8 cm³/mol. The molecular formula is C17H22N2O3. The molecule has 1 atom stereocenters. The van der Waals surface area contributed by atoms with Crippen molar-refractivity contribution in [1.29, 1.82) is 0 Å². The van der Waals surface area contributed by atoms with Crippen LogP contribution < -0.4 is 0 Å². The lowest BCUT2D eigenvalue weighted by Crippen LogP contribution is -2.47. The summed E-state index contributed by atoms with van der Waals surface area (Å²) < 4.78 is 5.30. The van der Waals surface area contributed by atoms with Gasteiger partial charge in [-0.05, 0) is 30.6 Å². The minimum absolute atomic E-state index is 0.201. The fourth-order valence-corrected chi connectivity index (χ4v) is 3.22. The summed E-state index contributed by atoms with van der Waals surface area (Å²) in [7, 11) is 1.63. The van der Waals surface area contributed by atoms with Gasteiger partial charge in [-0.1, -0.05) is 6.08 Å². The lowest BCUT2D eigenvalue weighted by molar-refractivity contribution is -0.121. The maximum absolute atomic E-state index is 11.5. The summed E-state index contributed by atoms with van der Waals surface area (Å²) in [6.45, 7) is 1.60. The van der Waals surface area contributed by atoms with Crippen LogP contribution in [0, 0.1) is 0 Å². The average molecular weight is 302 g/mol. The van der Waals surface area contributed by atoms with Gasteiger partial charge in [0.2, 0.25) is 5.88 Å². The number of ketones is 1. The second-order valence-electron chi connectivity index (χ2n) is 5.92. The fraction of sp³-hybridized carbons (Fsp3) is 0.529. The number of aliphatic hydroxyl groups excluding tert-OH is 1. The summed E-state index contributed by atoms with van der Waals surface area (Å²) in [5.74, 6) is 1.42. The van der Waals surface area contributed by atoms with Crippen molar-refractivity contribution >= 4 is 11.5 Å². The summed E-state index contributed by atoms with van der Waals surface area (Å²) >= 11 is 0. The van der Waals surface area contributed by atoms with Crippen molar-refractivity contribution in [1.82, 2.24) is 4.90 Å². The number of aliphatic imine (C=N–C) groups is 1. The van der Waals surface area contributed by atoms with Gasteiger partial charge in [0.1, 0.15) is 5.78 Å². The number of hydrogen-bond acceptors (Lipinski definition) is 5. The maximum atomic E-state index is 11.5. The summed E-state index contributed by atoms with van der Waals surface area (Å²) in [4.78, 5) is 18.5. The van der Waals surface area contributed by atoms with E-state index in [2.05, 4.69) is 9.89 Å². The molecule has 0 saturated carbocycles. The number of allylic oxidation sites excluding steroid dienone is 3. The molecule has 2 aliphatic heterocycles. The molecule has 0 amide bonds. The smallest absolute Gasteiger partial charge is 0.209 e. The molecule has 3 rings (SSSR count). The molecular weight excluding hydrogens is 280 g/mol. The Kier molecular flexibility index (Phi) is 4.43. The van der Waals surface area contributed by atoms with E-state index in [1.807, 2.05) is 12.2 Å². The second kappa shape index (κ2) is 6.48. The number of likely N-dealkylation sites (tertiary alicyclic amines) is 1. The Morgan fingerprint density at radius 2 is 2.00 bits per heavy atom. The van der Waals surface area contributed by atoms with Gasteiger partial charge in [-0.2, -0.15) is 0 Å². The molecule has 0 bridgehead atoms. The van der Waals surface area contributed by atoms with Crippen molar-refractivity contribution < 1.29 is 14.6 Å². The quantitative estimate of drug-likeness (QED) is 0.870. The lowest BCUT2D eigenvalue weighted by Gasteiger charge is -2.36. The lowest BCUT2D eigenvalue weighted by atomic mass is 9.90. The van der Waals surface area contributed by atoms with Crippen molar-refractivity contribution in [2.24, 2.45) is 4.99 Å². The fourth-order valence-electron chi connectivity index (χ4n) is 3.22.